The first-order valence-corrected chi connectivity index (χ1v) is 11.1. The molecule has 9 nitrogen and oxygen atoms in total. The number of nitrogens with zero attached hydrogens (tertiary/aromatic N) is 3. The Morgan fingerprint density at radius 2 is 1.74 bits per heavy atom. The number of benzene rings is 2. The molecule has 0 fully saturated rings. The van der Waals surface area contributed by atoms with Gasteiger partial charge in [0.25, 0.3) is 11.8 Å². The predicted octanol–water partition coefficient (Wildman–Crippen LogP) is 4.57. The molecule has 0 atom stereocenters. The number of rotatable bonds is 7. The maximum Gasteiger partial charge on any atom is 0.286 e. The smallest absolute Gasteiger partial charge is 0.286 e. The number of aromatic nitrogens is 3. The SMILES string of the molecule is COc1ccc(NC(=O)c2nnc(NC(=O)c3cnc(C)cc3-c3c(F)cccc3OC)s2)cc1. The zero-order valence-corrected chi connectivity index (χ0v) is 19.8. The molecule has 4 aromatic rings. The molecule has 0 saturated carbocycles. The van der Waals surface area contributed by atoms with Gasteiger partial charge in [-0.2, -0.15) is 0 Å². The van der Waals surface area contributed by atoms with E-state index in [4.69, 9.17) is 9.47 Å². The van der Waals surface area contributed by atoms with Crippen LogP contribution in [0.2, 0.25) is 0 Å². The Labute approximate surface area is 204 Å². The third kappa shape index (κ3) is 5.25. The predicted molar refractivity (Wildman–Crippen MR) is 130 cm³/mol. The summed E-state index contributed by atoms with van der Waals surface area (Å²) < 4.78 is 25.1. The van der Waals surface area contributed by atoms with Gasteiger partial charge in [0.05, 0.1) is 25.3 Å². The van der Waals surface area contributed by atoms with Gasteiger partial charge in [0.2, 0.25) is 10.1 Å². The van der Waals surface area contributed by atoms with E-state index in [0.29, 0.717) is 22.7 Å². The zero-order chi connectivity index (χ0) is 24.9. The molecule has 0 aliphatic carbocycles. The van der Waals surface area contributed by atoms with Crippen molar-refractivity contribution in [2.24, 2.45) is 0 Å². The average molecular weight is 494 g/mol. The van der Waals surface area contributed by atoms with Crippen molar-refractivity contribution in [2.75, 3.05) is 24.9 Å². The molecule has 2 N–H and O–H groups in total. The first kappa shape index (κ1) is 23.8. The molecule has 35 heavy (non-hydrogen) atoms. The molecule has 0 bridgehead atoms. The Morgan fingerprint density at radius 1 is 0.971 bits per heavy atom. The van der Waals surface area contributed by atoms with E-state index < -0.39 is 17.6 Å². The van der Waals surface area contributed by atoms with E-state index in [2.05, 4.69) is 25.8 Å². The fraction of sp³-hybridized carbons (Fsp3) is 0.125. The van der Waals surface area contributed by atoms with Gasteiger partial charge >= 0.3 is 0 Å². The van der Waals surface area contributed by atoms with E-state index in [0.717, 1.165) is 11.3 Å². The number of nitrogens with one attached hydrogen (secondary N) is 2. The molecule has 178 valence electrons. The average Bonchev–Trinajstić information content (AvgIpc) is 3.32. The second-order valence-electron chi connectivity index (χ2n) is 7.24. The summed E-state index contributed by atoms with van der Waals surface area (Å²) in [6, 6.07) is 12.8. The highest BCUT2D eigenvalue weighted by Crippen LogP contribution is 2.35. The zero-order valence-electron chi connectivity index (χ0n) is 19.0. The fourth-order valence-corrected chi connectivity index (χ4v) is 3.91. The number of methoxy groups -OCH3 is 2. The maximum atomic E-state index is 14.7. The molecule has 0 aliphatic rings. The number of ether oxygens (including phenoxy) is 2. The van der Waals surface area contributed by atoms with Crippen LogP contribution in [0, 0.1) is 12.7 Å². The summed E-state index contributed by atoms with van der Waals surface area (Å²) in [4.78, 5) is 29.8. The van der Waals surface area contributed by atoms with Crippen molar-refractivity contribution in [1.82, 2.24) is 15.2 Å². The largest absolute Gasteiger partial charge is 0.497 e. The number of halogens is 1. The van der Waals surface area contributed by atoms with Crippen LogP contribution in [0.3, 0.4) is 0 Å². The number of hydrogen-bond acceptors (Lipinski definition) is 8. The van der Waals surface area contributed by atoms with E-state index >= 15 is 0 Å². The summed E-state index contributed by atoms with van der Waals surface area (Å²) >= 11 is 0.896. The standard InChI is InChI=1S/C24H20FN5O4S/c1-13-11-16(20-18(25)5-4-6-19(20)34-3)17(12-26-13)21(31)28-24-30-29-23(35-24)22(32)27-14-7-9-15(33-2)10-8-14/h4-12H,1-3H3,(H,27,32)(H,28,30,31). The van der Waals surface area contributed by atoms with Gasteiger partial charge < -0.3 is 14.8 Å². The molecule has 0 unspecified atom stereocenters. The van der Waals surface area contributed by atoms with Crippen LogP contribution in [0.1, 0.15) is 25.9 Å². The van der Waals surface area contributed by atoms with Gasteiger partial charge in [-0.1, -0.05) is 17.4 Å². The molecular weight excluding hydrogens is 473 g/mol. The van der Waals surface area contributed by atoms with E-state index in [-0.39, 0.29) is 27.0 Å². The minimum absolute atomic E-state index is 0.0501. The highest BCUT2D eigenvalue weighted by atomic mass is 32.1. The Hall–Kier alpha value is -4.38. The molecule has 0 saturated heterocycles. The van der Waals surface area contributed by atoms with Crippen LogP contribution in [0.15, 0.2) is 54.7 Å². The summed E-state index contributed by atoms with van der Waals surface area (Å²) in [7, 11) is 2.97. The molecule has 0 aliphatic heterocycles. The van der Waals surface area contributed by atoms with Gasteiger partial charge in [-0.3, -0.25) is 19.9 Å². The Kier molecular flexibility index (Phi) is 6.97. The third-order valence-electron chi connectivity index (χ3n) is 4.94. The van der Waals surface area contributed by atoms with Crippen LogP contribution >= 0.6 is 11.3 Å². The quantitative estimate of drug-likeness (QED) is 0.387. The van der Waals surface area contributed by atoms with Gasteiger partial charge in [-0.05, 0) is 49.4 Å². The Morgan fingerprint density at radius 3 is 2.46 bits per heavy atom. The molecule has 2 heterocycles. The minimum Gasteiger partial charge on any atom is -0.497 e. The normalized spacial score (nSPS) is 10.5. The number of aryl methyl sites for hydroxylation is 1. The number of carbonyl (C=O) groups excluding carboxylic acids is 2. The molecule has 11 heteroatoms. The molecule has 0 radical (unpaired) electrons. The maximum absolute atomic E-state index is 14.7. The van der Waals surface area contributed by atoms with Crippen molar-refractivity contribution in [3.8, 4) is 22.6 Å². The lowest BCUT2D eigenvalue weighted by Gasteiger charge is -2.14. The minimum atomic E-state index is -0.587. The summed E-state index contributed by atoms with van der Waals surface area (Å²) in [6.07, 6.45) is 1.35. The van der Waals surface area contributed by atoms with Crippen LogP contribution < -0.4 is 20.1 Å². The summed E-state index contributed by atoms with van der Waals surface area (Å²) in [5, 5.41) is 13.2. The van der Waals surface area contributed by atoms with Crippen LogP contribution in [0.25, 0.3) is 11.1 Å². The lowest BCUT2D eigenvalue weighted by molar-refractivity contribution is 0.101. The van der Waals surface area contributed by atoms with Crippen molar-refractivity contribution < 1.29 is 23.5 Å². The number of amides is 2. The number of carbonyl (C=O) groups is 2. The second kappa shape index (κ2) is 10.3. The number of hydrogen-bond donors (Lipinski definition) is 2. The lowest BCUT2D eigenvalue weighted by Crippen LogP contribution is -2.14. The summed E-state index contributed by atoms with van der Waals surface area (Å²) in [5.41, 5.74) is 1.70. The molecule has 0 spiro atoms. The van der Waals surface area contributed by atoms with Gasteiger partial charge in [-0.25, -0.2) is 4.39 Å². The third-order valence-corrected chi connectivity index (χ3v) is 5.77. The van der Waals surface area contributed by atoms with Crippen molar-refractivity contribution in [3.63, 3.8) is 0 Å². The van der Waals surface area contributed by atoms with Crippen molar-refractivity contribution >= 4 is 34.0 Å². The molecular formula is C24H20FN5O4S. The van der Waals surface area contributed by atoms with E-state index in [1.807, 2.05) is 0 Å². The van der Waals surface area contributed by atoms with Crippen molar-refractivity contribution in [3.05, 3.63) is 76.8 Å². The number of anilines is 2. The number of pyridine rings is 1. The van der Waals surface area contributed by atoms with Crippen LogP contribution in [0.5, 0.6) is 11.5 Å². The van der Waals surface area contributed by atoms with Crippen LogP contribution in [-0.4, -0.2) is 41.2 Å². The van der Waals surface area contributed by atoms with Gasteiger partial charge in [0.1, 0.15) is 17.3 Å². The van der Waals surface area contributed by atoms with E-state index in [9.17, 15) is 14.0 Å². The Bertz CT molecular complexity index is 1390. The van der Waals surface area contributed by atoms with Crippen molar-refractivity contribution in [1.29, 1.82) is 0 Å². The van der Waals surface area contributed by atoms with Gasteiger partial charge in [-0.15, -0.1) is 10.2 Å². The van der Waals surface area contributed by atoms with Crippen molar-refractivity contribution in [2.45, 2.75) is 6.92 Å². The molecule has 2 aromatic heterocycles. The van der Waals surface area contributed by atoms with Crippen LogP contribution in [0.4, 0.5) is 15.2 Å². The second-order valence-corrected chi connectivity index (χ2v) is 8.22. The molecule has 2 amide bonds. The first-order chi connectivity index (χ1) is 16.9. The van der Waals surface area contributed by atoms with Gasteiger partial charge in [0, 0.05) is 23.1 Å². The fourth-order valence-electron chi connectivity index (χ4n) is 3.27. The topological polar surface area (TPSA) is 115 Å². The molecule has 4 rings (SSSR count). The highest BCUT2D eigenvalue weighted by molar-refractivity contribution is 7.17. The van der Waals surface area contributed by atoms with Crippen LogP contribution in [-0.2, 0) is 0 Å². The lowest BCUT2D eigenvalue weighted by atomic mass is 9.98. The Balaban J connectivity index is 1.55. The summed E-state index contributed by atoms with van der Waals surface area (Å²) in [6.45, 7) is 1.73. The van der Waals surface area contributed by atoms with E-state index in [1.54, 1.807) is 50.4 Å². The van der Waals surface area contributed by atoms with E-state index in [1.165, 1.54) is 25.4 Å². The summed E-state index contributed by atoms with van der Waals surface area (Å²) in [5.74, 6) is -0.685. The van der Waals surface area contributed by atoms with Gasteiger partial charge in [0.15, 0.2) is 0 Å². The highest BCUT2D eigenvalue weighted by Gasteiger charge is 2.22. The molecule has 2 aromatic carbocycles. The monoisotopic (exact) mass is 493 g/mol. The first-order valence-electron chi connectivity index (χ1n) is 10.3.